The van der Waals surface area contributed by atoms with E-state index in [1.807, 2.05) is 18.2 Å². The first-order valence-corrected chi connectivity index (χ1v) is 10.1. The van der Waals surface area contributed by atoms with Gasteiger partial charge in [-0.1, -0.05) is 30.3 Å². The molecule has 162 valence electrons. The molecule has 2 aromatic rings. The van der Waals surface area contributed by atoms with Gasteiger partial charge in [-0.15, -0.1) is 0 Å². The molecule has 1 aliphatic rings. The molecule has 0 spiro atoms. The molecule has 2 aromatic carbocycles. The van der Waals surface area contributed by atoms with E-state index in [1.54, 1.807) is 0 Å². The van der Waals surface area contributed by atoms with Crippen LogP contribution >= 0.6 is 12.2 Å². The summed E-state index contributed by atoms with van der Waals surface area (Å²) in [6, 6.07) is 10.3. The van der Waals surface area contributed by atoms with E-state index in [0.717, 1.165) is 38.9 Å². The largest absolute Gasteiger partial charge is 0.362 e. The summed E-state index contributed by atoms with van der Waals surface area (Å²) < 4.78 is 67.0. The SMILES string of the molecule is Fc1c(F)c(F)c(NC(=S)NCCC2CCN(Cc3ccccc3)CC2)c(F)c1F. The Morgan fingerprint density at radius 1 is 0.900 bits per heavy atom. The minimum absolute atomic E-state index is 0.195. The molecule has 0 aromatic heterocycles. The van der Waals surface area contributed by atoms with Crippen molar-refractivity contribution in [3.05, 3.63) is 65.0 Å². The van der Waals surface area contributed by atoms with Gasteiger partial charge in [-0.25, -0.2) is 22.0 Å². The van der Waals surface area contributed by atoms with Gasteiger partial charge in [0.15, 0.2) is 28.4 Å². The van der Waals surface area contributed by atoms with Gasteiger partial charge in [-0.2, -0.15) is 0 Å². The molecular formula is C21H22F5N3S. The number of nitrogens with one attached hydrogen (secondary N) is 2. The molecule has 0 radical (unpaired) electrons. The Kier molecular flexibility index (Phi) is 7.60. The smallest absolute Gasteiger partial charge is 0.200 e. The van der Waals surface area contributed by atoms with E-state index in [4.69, 9.17) is 12.2 Å². The lowest BCUT2D eigenvalue weighted by Crippen LogP contribution is -2.35. The van der Waals surface area contributed by atoms with Crippen molar-refractivity contribution in [2.45, 2.75) is 25.8 Å². The second-order valence-corrected chi connectivity index (χ2v) is 7.73. The van der Waals surface area contributed by atoms with Crippen molar-refractivity contribution in [1.82, 2.24) is 10.2 Å². The molecule has 3 nitrogen and oxygen atoms in total. The Morgan fingerprint density at radius 3 is 2.07 bits per heavy atom. The predicted octanol–water partition coefficient (Wildman–Crippen LogP) is 4.97. The molecule has 1 saturated heterocycles. The summed E-state index contributed by atoms with van der Waals surface area (Å²) in [5.41, 5.74) is 0.125. The van der Waals surface area contributed by atoms with Crippen molar-refractivity contribution in [1.29, 1.82) is 0 Å². The van der Waals surface area contributed by atoms with Gasteiger partial charge in [0.25, 0.3) is 0 Å². The Balaban J connectivity index is 1.42. The van der Waals surface area contributed by atoms with Crippen molar-refractivity contribution in [2.24, 2.45) is 5.92 Å². The molecule has 0 bridgehead atoms. The molecule has 0 atom stereocenters. The van der Waals surface area contributed by atoms with Crippen LogP contribution in [0.3, 0.4) is 0 Å². The van der Waals surface area contributed by atoms with E-state index < -0.39 is 34.8 Å². The summed E-state index contributed by atoms with van der Waals surface area (Å²) in [6.45, 7) is 3.31. The van der Waals surface area contributed by atoms with Crippen LogP contribution in [0.15, 0.2) is 30.3 Å². The molecule has 3 rings (SSSR count). The monoisotopic (exact) mass is 443 g/mol. The number of halogens is 5. The maximum Gasteiger partial charge on any atom is 0.200 e. The second kappa shape index (κ2) is 10.2. The lowest BCUT2D eigenvalue weighted by molar-refractivity contribution is 0.173. The molecule has 0 unspecified atom stereocenters. The van der Waals surface area contributed by atoms with E-state index in [1.165, 1.54) is 5.56 Å². The van der Waals surface area contributed by atoms with E-state index in [-0.39, 0.29) is 5.11 Å². The van der Waals surface area contributed by atoms with E-state index in [9.17, 15) is 22.0 Å². The number of piperidine rings is 1. The molecule has 1 aliphatic heterocycles. The third-order valence-electron chi connectivity index (χ3n) is 5.24. The molecule has 1 heterocycles. The van der Waals surface area contributed by atoms with E-state index in [2.05, 4.69) is 27.7 Å². The van der Waals surface area contributed by atoms with Gasteiger partial charge in [-0.05, 0) is 56.1 Å². The predicted molar refractivity (Wildman–Crippen MR) is 110 cm³/mol. The van der Waals surface area contributed by atoms with Crippen LogP contribution in [-0.4, -0.2) is 29.6 Å². The number of hydrogen-bond donors (Lipinski definition) is 2. The van der Waals surface area contributed by atoms with Crippen LogP contribution in [0, 0.1) is 35.0 Å². The van der Waals surface area contributed by atoms with E-state index in [0.29, 0.717) is 12.5 Å². The van der Waals surface area contributed by atoms with Crippen LogP contribution in [0.2, 0.25) is 0 Å². The van der Waals surface area contributed by atoms with Gasteiger partial charge >= 0.3 is 0 Å². The lowest BCUT2D eigenvalue weighted by atomic mass is 9.93. The van der Waals surface area contributed by atoms with Crippen LogP contribution < -0.4 is 10.6 Å². The first-order chi connectivity index (χ1) is 14.4. The van der Waals surface area contributed by atoms with Crippen molar-refractivity contribution < 1.29 is 22.0 Å². The number of thiocarbonyl (C=S) groups is 1. The third-order valence-corrected chi connectivity index (χ3v) is 5.49. The Labute approximate surface area is 177 Å². The fraction of sp³-hybridized carbons (Fsp3) is 0.381. The first kappa shape index (κ1) is 22.4. The molecule has 1 fully saturated rings. The highest BCUT2D eigenvalue weighted by atomic mass is 32.1. The fourth-order valence-electron chi connectivity index (χ4n) is 3.54. The molecule has 2 N–H and O–H groups in total. The number of rotatable bonds is 6. The molecule has 0 amide bonds. The zero-order chi connectivity index (χ0) is 21.7. The number of hydrogen-bond acceptors (Lipinski definition) is 2. The van der Waals surface area contributed by atoms with Crippen molar-refractivity contribution in [3.8, 4) is 0 Å². The highest BCUT2D eigenvalue weighted by Crippen LogP contribution is 2.27. The summed E-state index contributed by atoms with van der Waals surface area (Å²) in [5.74, 6) is -9.64. The number of likely N-dealkylation sites (tertiary alicyclic amines) is 1. The van der Waals surface area contributed by atoms with Gasteiger partial charge in [-0.3, -0.25) is 4.90 Å². The Bertz CT molecular complexity index is 857. The zero-order valence-electron chi connectivity index (χ0n) is 16.2. The zero-order valence-corrected chi connectivity index (χ0v) is 17.0. The maximum atomic E-state index is 13.7. The Hall–Kier alpha value is -2.26. The van der Waals surface area contributed by atoms with Crippen molar-refractivity contribution >= 4 is 23.0 Å². The second-order valence-electron chi connectivity index (χ2n) is 7.32. The van der Waals surface area contributed by atoms with Crippen LogP contribution in [0.4, 0.5) is 27.6 Å². The first-order valence-electron chi connectivity index (χ1n) is 9.69. The number of nitrogens with zero attached hydrogens (tertiary/aromatic N) is 1. The quantitative estimate of drug-likeness (QED) is 0.285. The normalized spacial score (nSPS) is 15.2. The maximum absolute atomic E-state index is 13.7. The van der Waals surface area contributed by atoms with Gasteiger partial charge < -0.3 is 10.6 Å². The van der Waals surface area contributed by atoms with Crippen LogP contribution in [0.1, 0.15) is 24.8 Å². The van der Waals surface area contributed by atoms with E-state index >= 15 is 0 Å². The minimum Gasteiger partial charge on any atom is -0.362 e. The van der Waals surface area contributed by atoms with Gasteiger partial charge in [0.2, 0.25) is 5.82 Å². The molecule has 30 heavy (non-hydrogen) atoms. The molecular weight excluding hydrogens is 421 g/mol. The van der Waals surface area contributed by atoms with Crippen molar-refractivity contribution in [3.63, 3.8) is 0 Å². The number of anilines is 1. The highest BCUT2D eigenvalue weighted by Gasteiger charge is 2.26. The highest BCUT2D eigenvalue weighted by molar-refractivity contribution is 7.80. The van der Waals surface area contributed by atoms with Crippen LogP contribution in [0.25, 0.3) is 0 Å². The molecule has 9 heteroatoms. The molecule has 0 aliphatic carbocycles. The summed E-state index contributed by atoms with van der Waals surface area (Å²) >= 11 is 4.93. The fourth-order valence-corrected chi connectivity index (χ4v) is 3.74. The minimum atomic E-state index is -2.20. The summed E-state index contributed by atoms with van der Waals surface area (Å²) in [6.07, 6.45) is 2.83. The third kappa shape index (κ3) is 5.46. The van der Waals surface area contributed by atoms with Gasteiger partial charge in [0.1, 0.15) is 5.69 Å². The van der Waals surface area contributed by atoms with Crippen LogP contribution in [0.5, 0.6) is 0 Å². The lowest BCUT2D eigenvalue weighted by Gasteiger charge is -2.32. The Morgan fingerprint density at radius 2 is 1.47 bits per heavy atom. The standard InChI is InChI=1S/C21H22F5N3S/c22-15-16(23)18(25)20(19(26)17(15)24)28-21(30)27-9-6-13-7-10-29(11-8-13)12-14-4-2-1-3-5-14/h1-5,13H,6-12H2,(H2,27,28,30). The summed E-state index contributed by atoms with van der Waals surface area (Å²) in [7, 11) is 0. The van der Waals surface area contributed by atoms with Crippen LogP contribution in [-0.2, 0) is 6.54 Å². The summed E-state index contributed by atoms with van der Waals surface area (Å²) in [5, 5.41) is 4.65. The van der Waals surface area contributed by atoms with Gasteiger partial charge in [0, 0.05) is 13.1 Å². The average Bonchev–Trinajstić information content (AvgIpc) is 2.76. The van der Waals surface area contributed by atoms with Crippen molar-refractivity contribution in [2.75, 3.05) is 25.0 Å². The average molecular weight is 443 g/mol. The topological polar surface area (TPSA) is 27.3 Å². The molecule has 0 saturated carbocycles. The summed E-state index contributed by atoms with van der Waals surface area (Å²) in [4.78, 5) is 2.40. The van der Waals surface area contributed by atoms with Gasteiger partial charge in [0.05, 0.1) is 0 Å². The number of benzene rings is 2.